The molecule has 7 nitrogen and oxygen atoms in total. The van der Waals surface area contributed by atoms with Gasteiger partial charge in [0.1, 0.15) is 19.3 Å². The van der Waals surface area contributed by atoms with Crippen LogP contribution in [0.5, 0.6) is 11.5 Å². The predicted molar refractivity (Wildman–Crippen MR) is 118 cm³/mol. The maximum absolute atomic E-state index is 13.1. The van der Waals surface area contributed by atoms with E-state index in [1.165, 1.54) is 0 Å². The molecule has 1 atom stereocenters. The highest BCUT2D eigenvalue weighted by atomic mass is 16.6. The summed E-state index contributed by atoms with van der Waals surface area (Å²) in [5.41, 5.74) is 2.82. The first-order valence-electron chi connectivity index (χ1n) is 10.5. The Kier molecular flexibility index (Phi) is 6.11. The van der Waals surface area contributed by atoms with Crippen molar-refractivity contribution in [1.29, 1.82) is 0 Å². The summed E-state index contributed by atoms with van der Waals surface area (Å²) in [4.78, 5) is 28.7. The van der Waals surface area contributed by atoms with Crippen molar-refractivity contribution in [3.8, 4) is 11.5 Å². The maximum atomic E-state index is 13.1. The van der Waals surface area contributed by atoms with Crippen molar-refractivity contribution in [2.24, 2.45) is 5.92 Å². The summed E-state index contributed by atoms with van der Waals surface area (Å²) >= 11 is 0. The van der Waals surface area contributed by atoms with Crippen molar-refractivity contribution < 1.29 is 19.1 Å². The van der Waals surface area contributed by atoms with Gasteiger partial charge in [0.15, 0.2) is 11.5 Å². The second-order valence-corrected chi connectivity index (χ2v) is 7.94. The lowest BCUT2D eigenvalue weighted by atomic mass is 10.0. The third-order valence-corrected chi connectivity index (χ3v) is 5.36. The van der Waals surface area contributed by atoms with E-state index in [9.17, 15) is 9.59 Å². The highest BCUT2D eigenvalue weighted by Crippen LogP contribution is 2.33. The maximum Gasteiger partial charge on any atom is 0.243 e. The van der Waals surface area contributed by atoms with Crippen LogP contribution in [0.4, 0.5) is 0 Å². The van der Waals surface area contributed by atoms with Crippen LogP contribution >= 0.6 is 0 Å². The zero-order valence-electron chi connectivity index (χ0n) is 17.7. The van der Waals surface area contributed by atoms with Gasteiger partial charge >= 0.3 is 0 Å². The second kappa shape index (κ2) is 9.12. The fourth-order valence-corrected chi connectivity index (χ4v) is 3.65. The summed E-state index contributed by atoms with van der Waals surface area (Å²) in [5, 5.41) is 6.89. The molecule has 31 heavy (non-hydrogen) atoms. The number of aromatic amines is 1. The number of para-hydroxylation sites is 2. The molecule has 162 valence electrons. The molecular formula is C24H27N3O4. The molecule has 0 aliphatic carbocycles. The average molecular weight is 421 g/mol. The van der Waals surface area contributed by atoms with Gasteiger partial charge in [-0.3, -0.25) is 9.59 Å². The van der Waals surface area contributed by atoms with Crippen LogP contribution in [0.3, 0.4) is 0 Å². The lowest BCUT2D eigenvalue weighted by Crippen LogP contribution is -2.49. The number of aromatic nitrogens is 1. The molecule has 1 unspecified atom stereocenters. The van der Waals surface area contributed by atoms with Gasteiger partial charge in [-0.05, 0) is 17.7 Å². The Morgan fingerprint density at radius 1 is 1.00 bits per heavy atom. The number of carbonyl (C=O) groups is 2. The van der Waals surface area contributed by atoms with Crippen LogP contribution < -0.4 is 20.1 Å². The number of carbonyl (C=O) groups excluding carboxylic acids is 2. The number of nitrogens with one attached hydrogen (secondary N) is 3. The Bertz CT molecular complexity index is 1090. The first-order valence-corrected chi connectivity index (χ1v) is 10.5. The number of hydrogen-bond donors (Lipinski definition) is 3. The summed E-state index contributed by atoms with van der Waals surface area (Å²) in [7, 11) is 0. The van der Waals surface area contributed by atoms with Gasteiger partial charge in [-0.2, -0.15) is 0 Å². The Labute approximate surface area is 181 Å². The quantitative estimate of drug-likeness (QED) is 0.547. The molecule has 0 spiro atoms. The van der Waals surface area contributed by atoms with E-state index in [1.54, 1.807) is 0 Å². The van der Waals surface area contributed by atoms with Crippen LogP contribution in [0.1, 0.15) is 25.0 Å². The largest absolute Gasteiger partial charge is 0.486 e. The minimum absolute atomic E-state index is 0.159. The van der Waals surface area contributed by atoms with Crippen LogP contribution in [0.2, 0.25) is 0 Å². The van der Waals surface area contributed by atoms with Crippen molar-refractivity contribution in [2.75, 3.05) is 13.2 Å². The van der Waals surface area contributed by atoms with E-state index in [-0.39, 0.29) is 24.3 Å². The molecule has 1 aliphatic heterocycles. The predicted octanol–water partition coefficient (Wildman–Crippen LogP) is 2.94. The molecule has 2 aromatic carbocycles. The fourth-order valence-electron chi connectivity index (χ4n) is 3.65. The highest BCUT2D eigenvalue weighted by Gasteiger charge is 2.24. The van der Waals surface area contributed by atoms with E-state index in [1.807, 2.05) is 62.5 Å². The van der Waals surface area contributed by atoms with Gasteiger partial charge in [-0.25, -0.2) is 0 Å². The first-order chi connectivity index (χ1) is 15.0. The molecule has 0 saturated carbocycles. The Hall–Kier alpha value is -3.48. The average Bonchev–Trinajstić information content (AvgIpc) is 3.19. The first kappa shape index (κ1) is 20.8. The highest BCUT2D eigenvalue weighted by molar-refractivity contribution is 5.90. The lowest BCUT2D eigenvalue weighted by Gasteiger charge is -2.22. The monoisotopic (exact) mass is 421 g/mol. The van der Waals surface area contributed by atoms with E-state index >= 15 is 0 Å². The minimum Gasteiger partial charge on any atom is -0.486 e. The van der Waals surface area contributed by atoms with Crippen LogP contribution in [0.15, 0.2) is 48.7 Å². The van der Waals surface area contributed by atoms with E-state index < -0.39 is 6.04 Å². The SMILES string of the molecule is CC(C)C(=O)NC(Cc1c[nH]c2ccccc12)C(=O)NCc1cccc2c1OCCO2. The Morgan fingerprint density at radius 3 is 2.65 bits per heavy atom. The zero-order chi connectivity index (χ0) is 21.8. The minimum atomic E-state index is -0.689. The van der Waals surface area contributed by atoms with E-state index in [4.69, 9.17) is 9.47 Å². The molecular weight excluding hydrogens is 394 g/mol. The molecule has 0 bridgehead atoms. The third kappa shape index (κ3) is 4.66. The molecule has 3 N–H and O–H groups in total. The number of fused-ring (bicyclic) bond motifs is 2. The Balaban J connectivity index is 1.51. The number of ether oxygens (including phenoxy) is 2. The molecule has 4 rings (SSSR count). The van der Waals surface area contributed by atoms with Crippen LogP contribution in [0.25, 0.3) is 10.9 Å². The van der Waals surface area contributed by atoms with Crippen LogP contribution in [0, 0.1) is 5.92 Å². The normalized spacial score (nSPS) is 13.8. The standard InChI is InChI=1S/C24H27N3O4/c1-15(2)23(28)27-20(12-17-14-25-19-8-4-3-7-18(17)19)24(29)26-13-16-6-5-9-21-22(16)31-11-10-30-21/h3-9,14-15,20,25H,10-13H2,1-2H3,(H,26,29)(H,27,28). The van der Waals surface area contributed by atoms with Crippen molar-refractivity contribution in [2.45, 2.75) is 32.9 Å². The zero-order valence-corrected chi connectivity index (χ0v) is 17.7. The van der Waals surface area contributed by atoms with Crippen molar-refractivity contribution in [3.05, 3.63) is 59.8 Å². The number of rotatable bonds is 7. The van der Waals surface area contributed by atoms with Crippen LogP contribution in [-0.4, -0.2) is 36.1 Å². The number of hydrogen-bond acceptors (Lipinski definition) is 4. The molecule has 2 amide bonds. The molecule has 0 radical (unpaired) electrons. The van der Waals surface area contributed by atoms with Crippen LogP contribution in [-0.2, 0) is 22.6 Å². The van der Waals surface area contributed by atoms with Gasteiger partial charge in [0.2, 0.25) is 11.8 Å². The smallest absolute Gasteiger partial charge is 0.243 e. The van der Waals surface area contributed by atoms with Crippen molar-refractivity contribution in [1.82, 2.24) is 15.6 Å². The third-order valence-electron chi connectivity index (χ3n) is 5.36. The molecule has 7 heteroatoms. The van der Waals surface area contributed by atoms with Gasteiger partial charge in [-0.15, -0.1) is 0 Å². The van der Waals surface area contributed by atoms with Gasteiger partial charge in [-0.1, -0.05) is 44.2 Å². The topological polar surface area (TPSA) is 92.5 Å². The molecule has 1 aromatic heterocycles. The fraction of sp³-hybridized carbons (Fsp3) is 0.333. The molecule has 3 aromatic rings. The molecule has 1 aliphatic rings. The van der Waals surface area contributed by atoms with Gasteiger partial charge in [0.25, 0.3) is 0 Å². The van der Waals surface area contributed by atoms with E-state index in [2.05, 4.69) is 15.6 Å². The van der Waals surface area contributed by atoms with E-state index in [0.717, 1.165) is 22.0 Å². The molecule has 0 saturated heterocycles. The summed E-state index contributed by atoms with van der Waals surface area (Å²) in [6.07, 6.45) is 2.28. The summed E-state index contributed by atoms with van der Waals surface area (Å²) in [6.45, 7) is 4.89. The summed E-state index contributed by atoms with van der Waals surface area (Å²) in [6, 6.07) is 12.8. The lowest BCUT2D eigenvalue weighted by molar-refractivity contribution is -0.130. The summed E-state index contributed by atoms with van der Waals surface area (Å²) in [5.74, 6) is 0.724. The van der Waals surface area contributed by atoms with Gasteiger partial charge in [0, 0.05) is 41.5 Å². The molecule has 0 fully saturated rings. The van der Waals surface area contributed by atoms with Crippen molar-refractivity contribution in [3.63, 3.8) is 0 Å². The van der Waals surface area contributed by atoms with Crippen molar-refractivity contribution >= 4 is 22.7 Å². The number of amides is 2. The number of H-pyrrole nitrogens is 1. The summed E-state index contributed by atoms with van der Waals surface area (Å²) < 4.78 is 11.3. The second-order valence-electron chi connectivity index (χ2n) is 7.94. The van der Waals surface area contributed by atoms with Gasteiger partial charge < -0.3 is 25.1 Å². The van der Waals surface area contributed by atoms with Gasteiger partial charge in [0.05, 0.1) is 0 Å². The molecule has 2 heterocycles. The Morgan fingerprint density at radius 2 is 1.81 bits per heavy atom. The van der Waals surface area contributed by atoms with E-state index in [0.29, 0.717) is 31.1 Å². The number of benzene rings is 2.